The van der Waals surface area contributed by atoms with Crippen LogP contribution in [0.3, 0.4) is 0 Å². The third-order valence-corrected chi connectivity index (χ3v) is 3.61. The van der Waals surface area contributed by atoms with Crippen molar-refractivity contribution in [2.75, 3.05) is 18.5 Å². The summed E-state index contributed by atoms with van der Waals surface area (Å²) in [6.07, 6.45) is -0.687. The Morgan fingerprint density at radius 3 is 2.33 bits per heavy atom. The quantitative estimate of drug-likeness (QED) is 0.692. The van der Waals surface area contributed by atoms with E-state index in [4.69, 9.17) is 4.74 Å². The number of alkyl halides is 3. The summed E-state index contributed by atoms with van der Waals surface area (Å²) in [5.41, 5.74) is -0.216. The largest absolute Gasteiger partial charge is 0.381 e. The fourth-order valence-electron chi connectivity index (χ4n) is 1.52. The average Bonchev–Trinajstić information content (AvgIpc) is 2.05. The summed E-state index contributed by atoms with van der Waals surface area (Å²) < 4.78 is 29.5. The Labute approximate surface area is 79.6 Å². The molecule has 0 aromatic heterocycles. The molecule has 1 saturated heterocycles. The summed E-state index contributed by atoms with van der Waals surface area (Å²) in [6.45, 7) is 1.25. The first kappa shape index (κ1) is 10.4. The number of rotatable bonds is 3. The highest BCUT2D eigenvalue weighted by Gasteiger charge is 2.34. The third kappa shape index (κ3) is 2.66. The number of halogens is 3. The van der Waals surface area contributed by atoms with Crippen LogP contribution in [0, 0.1) is 5.41 Å². The van der Waals surface area contributed by atoms with E-state index in [9.17, 15) is 8.78 Å². The van der Waals surface area contributed by atoms with Crippen LogP contribution in [0.4, 0.5) is 8.78 Å². The molecule has 4 heteroatoms. The zero-order valence-electron chi connectivity index (χ0n) is 6.86. The SMILES string of the molecule is FC(F)CC1(CBr)CCOCC1. The molecule has 12 heavy (non-hydrogen) atoms. The van der Waals surface area contributed by atoms with Crippen LogP contribution in [0.2, 0.25) is 0 Å². The van der Waals surface area contributed by atoms with Crippen LogP contribution in [-0.2, 0) is 4.74 Å². The zero-order valence-corrected chi connectivity index (χ0v) is 8.45. The minimum Gasteiger partial charge on any atom is -0.381 e. The Hall–Kier alpha value is 0.300. The van der Waals surface area contributed by atoms with Crippen molar-refractivity contribution in [2.45, 2.75) is 25.7 Å². The van der Waals surface area contributed by atoms with E-state index >= 15 is 0 Å². The fraction of sp³-hybridized carbons (Fsp3) is 1.00. The summed E-state index contributed by atoms with van der Waals surface area (Å²) in [6, 6.07) is 0. The molecule has 1 heterocycles. The summed E-state index contributed by atoms with van der Waals surface area (Å²) in [5.74, 6) is 0. The van der Waals surface area contributed by atoms with Crippen molar-refractivity contribution in [3.8, 4) is 0 Å². The van der Waals surface area contributed by atoms with E-state index in [1.54, 1.807) is 0 Å². The minimum absolute atomic E-state index is 0.00160. The second kappa shape index (κ2) is 4.51. The molecule has 0 unspecified atom stereocenters. The highest BCUT2D eigenvalue weighted by molar-refractivity contribution is 9.09. The maximum atomic E-state index is 12.2. The van der Waals surface area contributed by atoms with E-state index in [-0.39, 0.29) is 11.8 Å². The van der Waals surface area contributed by atoms with Gasteiger partial charge in [-0.3, -0.25) is 0 Å². The van der Waals surface area contributed by atoms with Crippen molar-refractivity contribution in [3.63, 3.8) is 0 Å². The standard InChI is InChI=1S/C8H13BrF2O/c9-6-8(5-7(10)11)1-3-12-4-2-8/h7H,1-6H2. The Kier molecular flexibility index (Phi) is 3.90. The van der Waals surface area contributed by atoms with E-state index in [1.165, 1.54) is 0 Å². The van der Waals surface area contributed by atoms with Crippen molar-refractivity contribution in [1.82, 2.24) is 0 Å². The molecular formula is C8H13BrF2O. The van der Waals surface area contributed by atoms with Crippen molar-refractivity contribution < 1.29 is 13.5 Å². The number of hydrogen-bond donors (Lipinski definition) is 0. The van der Waals surface area contributed by atoms with Gasteiger partial charge in [0, 0.05) is 25.0 Å². The molecule has 0 spiro atoms. The molecule has 1 fully saturated rings. The van der Waals surface area contributed by atoms with Crippen LogP contribution in [0.1, 0.15) is 19.3 Å². The Bertz CT molecular complexity index is 135. The van der Waals surface area contributed by atoms with Crippen LogP contribution in [0.25, 0.3) is 0 Å². The Morgan fingerprint density at radius 1 is 1.33 bits per heavy atom. The van der Waals surface area contributed by atoms with Gasteiger partial charge < -0.3 is 4.74 Å². The molecule has 0 N–H and O–H groups in total. The Balaban J connectivity index is 2.48. The lowest BCUT2D eigenvalue weighted by atomic mass is 9.79. The van der Waals surface area contributed by atoms with Crippen LogP contribution in [0.5, 0.6) is 0 Å². The molecular weight excluding hydrogens is 230 g/mol. The number of hydrogen-bond acceptors (Lipinski definition) is 1. The van der Waals surface area contributed by atoms with E-state index in [0.29, 0.717) is 18.5 Å². The summed E-state index contributed by atoms with van der Waals surface area (Å²) in [4.78, 5) is 0. The van der Waals surface area contributed by atoms with E-state index in [1.807, 2.05) is 0 Å². The van der Waals surface area contributed by atoms with Crippen LogP contribution in [-0.4, -0.2) is 25.0 Å². The Morgan fingerprint density at radius 2 is 1.92 bits per heavy atom. The molecule has 0 aliphatic carbocycles. The molecule has 1 aliphatic heterocycles. The van der Waals surface area contributed by atoms with Gasteiger partial charge in [0.15, 0.2) is 0 Å². The maximum Gasteiger partial charge on any atom is 0.239 e. The lowest BCUT2D eigenvalue weighted by Gasteiger charge is -2.35. The lowest BCUT2D eigenvalue weighted by molar-refractivity contribution is -0.00874. The average molecular weight is 243 g/mol. The molecule has 1 rings (SSSR count). The maximum absolute atomic E-state index is 12.2. The van der Waals surface area contributed by atoms with Crippen molar-refractivity contribution in [3.05, 3.63) is 0 Å². The third-order valence-electron chi connectivity index (χ3n) is 2.42. The first-order valence-corrected chi connectivity index (χ1v) is 5.22. The molecule has 0 bridgehead atoms. The second-order valence-corrected chi connectivity index (χ2v) is 3.90. The first-order valence-electron chi connectivity index (χ1n) is 4.10. The second-order valence-electron chi connectivity index (χ2n) is 3.34. The number of ether oxygens (including phenoxy) is 1. The van der Waals surface area contributed by atoms with Crippen LogP contribution >= 0.6 is 15.9 Å². The van der Waals surface area contributed by atoms with Gasteiger partial charge in [-0.2, -0.15) is 0 Å². The van der Waals surface area contributed by atoms with Gasteiger partial charge in [0.25, 0.3) is 0 Å². The van der Waals surface area contributed by atoms with Gasteiger partial charge in [0.2, 0.25) is 6.43 Å². The molecule has 0 atom stereocenters. The molecule has 0 saturated carbocycles. The van der Waals surface area contributed by atoms with E-state index in [2.05, 4.69) is 15.9 Å². The molecule has 0 radical (unpaired) electrons. The molecule has 0 aromatic carbocycles. The van der Waals surface area contributed by atoms with Gasteiger partial charge in [-0.15, -0.1) is 0 Å². The van der Waals surface area contributed by atoms with Gasteiger partial charge in [0.1, 0.15) is 0 Å². The normalized spacial score (nSPS) is 23.0. The van der Waals surface area contributed by atoms with Gasteiger partial charge in [-0.25, -0.2) is 8.78 Å². The van der Waals surface area contributed by atoms with Crippen molar-refractivity contribution >= 4 is 15.9 Å². The summed E-state index contributed by atoms with van der Waals surface area (Å²) in [7, 11) is 0. The van der Waals surface area contributed by atoms with Crippen molar-refractivity contribution in [1.29, 1.82) is 0 Å². The molecule has 72 valence electrons. The highest BCUT2D eigenvalue weighted by atomic mass is 79.9. The fourth-order valence-corrected chi connectivity index (χ4v) is 2.31. The smallest absolute Gasteiger partial charge is 0.239 e. The predicted octanol–water partition coefficient (Wildman–Crippen LogP) is 2.83. The predicted molar refractivity (Wildman–Crippen MR) is 46.9 cm³/mol. The molecule has 0 aromatic rings. The molecule has 0 amide bonds. The van der Waals surface area contributed by atoms with E-state index < -0.39 is 6.43 Å². The lowest BCUT2D eigenvalue weighted by Crippen LogP contribution is -2.33. The van der Waals surface area contributed by atoms with E-state index in [0.717, 1.165) is 12.8 Å². The summed E-state index contributed by atoms with van der Waals surface area (Å²) >= 11 is 3.31. The van der Waals surface area contributed by atoms with Gasteiger partial charge in [0.05, 0.1) is 0 Å². The summed E-state index contributed by atoms with van der Waals surface area (Å²) in [5, 5.41) is 0.660. The van der Waals surface area contributed by atoms with Crippen LogP contribution in [0.15, 0.2) is 0 Å². The first-order chi connectivity index (χ1) is 5.68. The van der Waals surface area contributed by atoms with Gasteiger partial charge in [-0.1, -0.05) is 15.9 Å². The topological polar surface area (TPSA) is 9.23 Å². The molecule has 1 nitrogen and oxygen atoms in total. The van der Waals surface area contributed by atoms with Crippen LogP contribution < -0.4 is 0 Å². The molecule has 1 aliphatic rings. The van der Waals surface area contributed by atoms with Crippen molar-refractivity contribution in [2.24, 2.45) is 5.41 Å². The monoisotopic (exact) mass is 242 g/mol. The minimum atomic E-state index is -2.19. The van der Waals surface area contributed by atoms with Gasteiger partial charge >= 0.3 is 0 Å². The highest BCUT2D eigenvalue weighted by Crippen LogP contribution is 2.37. The van der Waals surface area contributed by atoms with Gasteiger partial charge in [-0.05, 0) is 18.3 Å². The zero-order chi connectivity index (χ0) is 9.03.